The molecule has 2 aromatic carbocycles. The van der Waals surface area contributed by atoms with Gasteiger partial charge in [-0.1, -0.05) is 66.7 Å². The molecule has 198 valence electrons. The average Bonchev–Trinajstić information content (AvgIpc) is 3.36. The summed E-state index contributed by atoms with van der Waals surface area (Å²) in [6.07, 6.45) is 2.72. The summed E-state index contributed by atoms with van der Waals surface area (Å²) in [4.78, 5) is 17.1. The Labute approximate surface area is 219 Å². The fourth-order valence-electron chi connectivity index (χ4n) is 4.86. The lowest BCUT2D eigenvalue weighted by Crippen LogP contribution is -2.47. The van der Waals surface area contributed by atoms with Crippen molar-refractivity contribution >= 4 is 5.91 Å². The van der Waals surface area contributed by atoms with Crippen molar-refractivity contribution in [2.45, 2.75) is 58.5 Å². The lowest BCUT2D eigenvalue weighted by Gasteiger charge is -2.35. The fourth-order valence-corrected chi connectivity index (χ4v) is 4.86. The first kappa shape index (κ1) is 27.0. The van der Waals surface area contributed by atoms with Crippen LogP contribution in [0.25, 0.3) is 11.1 Å². The Kier molecular flexibility index (Phi) is 9.44. The number of rotatable bonds is 7. The van der Waals surface area contributed by atoms with Gasteiger partial charge in [0, 0.05) is 38.5 Å². The van der Waals surface area contributed by atoms with Crippen LogP contribution < -0.4 is 0 Å². The molecule has 0 fully saturated rings. The number of nitrogens with zero attached hydrogens (tertiary/aromatic N) is 5. The molecule has 0 bridgehead atoms. The third-order valence-corrected chi connectivity index (χ3v) is 7.14. The van der Waals surface area contributed by atoms with E-state index in [2.05, 4.69) is 77.7 Å². The van der Waals surface area contributed by atoms with Gasteiger partial charge >= 0.3 is 0 Å². The molecule has 0 saturated carbocycles. The van der Waals surface area contributed by atoms with Crippen LogP contribution >= 0.6 is 0 Å². The number of hydrogen-bond donors (Lipinski definition) is 1. The highest BCUT2D eigenvalue weighted by Crippen LogP contribution is 2.21. The van der Waals surface area contributed by atoms with Gasteiger partial charge in [-0.2, -0.15) is 0 Å². The minimum atomic E-state index is -0.235. The summed E-state index contributed by atoms with van der Waals surface area (Å²) < 4.78 is 8.28. The maximum absolute atomic E-state index is 13.0. The monoisotopic (exact) mass is 505 g/mol. The number of aliphatic hydroxyl groups is 1. The van der Waals surface area contributed by atoms with Crippen LogP contribution in [0, 0.1) is 5.92 Å². The second-order valence-electron chi connectivity index (χ2n) is 10.2. The second kappa shape index (κ2) is 12.9. The van der Waals surface area contributed by atoms with E-state index in [4.69, 9.17) is 4.74 Å². The highest BCUT2D eigenvalue weighted by Gasteiger charge is 2.28. The zero-order valence-electron chi connectivity index (χ0n) is 22.2. The van der Waals surface area contributed by atoms with Crippen LogP contribution in [0.1, 0.15) is 37.9 Å². The Hall–Kier alpha value is -3.07. The number of benzene rings is 2. The number of carbonyl (C=O) groups is 1. The van der Waals surface area contributed by atoms with E-state index in [0.717, 1.165) is 12.2 Å². The molecule has 0 unspecified atom stereocenters. The van der Waals surface area contributed by atoms with Crippen LogP contribution in [0.3, 0.4) is 0 Å². The zero-order chi connectivity index (χ0) is 26.2. The minimum absolute atomic E-state index is 0.0567. The first-order valence-corrected chi connectivity index (χ1v) is 13.2. The van der Waals surface area contributed by atoms with Gasteiger partial charge in [-0.05, 0) is 37.1 Å². The third-order valence-electron chi connectivity index (χ3n) is 7.14. The topological polar surface area (TPSA) is 83.7 Å². The number of hydrogen-bond acceptors (Lipinski definition) is 6. The molecule has 8 nitrogen and oxygen atoms in total. The molecule has 1 aliphatic rings. The Morgan fingerprint density at radius 3 is 2.59 bits per heavy atom. The van der Waals surface area contributed by atoms with Gasteiger partial charge in [0.2, 0.25) is 5.91 Å². The number of aromatic nitrogens is 3. The molecule has 1 aliphatic heterocycles. The summed E-state index contributed by atoms with van der Waals surface area (Å²) >= 11 is 0. The average molecular weight is 506 g/mol. The van der Waals surface area contributed by atoms with Gasteiger partial charge in [-0.3, -0.25) is 9.69 Å². The van der Waals surface area contributed by atoms with Crippen LogP contribution in [0.5, 0.6) is 0 Å². The Morgan fingerprint density at radius 2 is 1.86 bits per heavy atom. The number of fused-ring (bicyclic) bond motifs is 1. The van der Waals surface area contributed by atoms with Crippen molar-refractivity contribution in [3.63, 3.8) is 0 Å². The predicted octanol–water partition coefficient (Wildman–Crippen LogP) is 3.60. The second-order valence-corrected chi connectivity index (χ2v) is 10.2. The molecule has 3 atom stereocenters. The predicted molar refractivity (Wildman–Crippen MR) is 143 cm³/mol. The highest BCUT2D eigenvalue weighted by atomic mass is 16.5. The van der Waals surface area contributed by atoms with Gasteiger partial charge in [0.15, 0.2) is 0 Å². The van der Waals surface area contributed by atoms with Crippen molar-refractivity contribution in [1.29, 1.82) is 0 Å². The van der Waals surface area contributed by atoms with E-state index in [1.54, 1.807) is 6.20 Å². The van der Waals surface area contributed by atoms with Gasteiger partial charge in [0.05, 0.1) is 37.3 Å². The van der Waals surface area contributed by atoms with E-state index in [1.807, 2.05) is 22.6 Å². The Bertz CT molecular complexity index is 1120. The summed E-state index contributed by atoms with van der Waals surface area (Å²) in [7, 11) is 2.10. The normalized spacial score (nSPS) is 20.2. The number of ether oxygens (including phenoxy) is 1. The quantitative estimate of drug-likeness (QED) is 0.528. The molecule has 1 aromatic heterocycles. The van der Waals surface area contributed by atoms with Crippen molar-refractivity contribution < 1.29 is 14.6 Å². The lowest BCUT2D eigenvalue weighted by molar-refractivity contribution is -0.136. The van der Waals surface area contributed by atoms with Crippen LogP contribution in [0.4, 0.5) is 0 Å². The summed E-state index contributed by atoms with van der Waals surface area (Å²) in [5.41, 5.74) is 4.57. The first-order chi connectivity index (χ1) is 17.9. The summed E-state index contributed by atoms with van der Waals surface area (Å²) in [6.45, 7) is 7.04. The molecule has 3 aromatic rings. The van der Waals surface area contributed by atoms with Crippen molar-refractivity contribution in [3.05, 3.63) is 72.1 Å². The molecule has 37 heavy (non-hydrogen) atoms. The molecule has 0 aliphatic carbocycles. The van der Waals surface area contributed by atoms with Crippen LogP contribution in [0.2, 0.25) is 0 Å². The van der Waals surface area contributed by atoms with E-state index >= 15 is 0 Å². The molecular weight excluding hydrogens is 466 g/mol. The molecule has 2 heterocycles. The molecule has 1 amide bonds. The van der Waals surface area contributed by atoms with Gasteiger partial charge < -0.3 is 14.7 Å². The van der Waals surface area contributed by atoms with E-state index in [9.17, 15) is 9.90 Å². The summed E-state index contributed by atoms with van der Waals surface area (Å²) in [5.74, 6) is 0.130. The molecular formula is C29H39N5O3. The van der Waals surface area contributed by atoms with Crippen molar-refractivity contribution in [2.24, 2.45) is 5.92 Å². The Morgan fingerprint density at radius 1 is 1.14 bits per heavy atom. The SMILES string of the molecule is C[C@@H]1CN([C@@H](C)CO)C(=O)CCCn2nncc2CO[C@@H]1CN(C)Cc1ccc(-c2ccccc2)cc1. The number of carbonyl (C=O) groups excluding carboxylic acids is 1. The zero-order valence-corrected chi connectivity index (χ0v) is 22.2. The Balaban J connectivity index is 1.46. The maximum Gasteiger partial charge on any atom is 0.222 e. The van der Waals surface area contributed by atoms with E-state index in [1.165, 1.54) is 16.7 Å². The van der Waals surface area contributed by atoms with Gasteiger partial charge in [0.1, 0.15) is 0 Å². The van der Waals surface area contributed by atoms with Gasteiger partial charge in [0.25, 0.3) is 0 Å². The molecule has 1 N–H and O–H groups in total. The molecule has 8 heteroatoms. The summed E-state index contributed by atoms with van der Waals surface area (Å²) in [5, 5.41) is 18.0. The van der Waals surface area contributed by atoms with E-state index in [0.29, 0.717) is 39.1 Å². The smallest absolute Gasteiger partial charge is 0.222 e. The standard InChI is InChI=1S/C29H39N5O3/c1-22-17-33(23(2)20-35)29(36)10-7-15-34-27(16-30-31-34)21-37-28(22)19-32(3)18-24-11-13-26(14-12-24)25-8-5-4-6-9-25/h4-6,8-9,11-14,16,22-23,28,35H,7,10,15,17-21H2,1-3H3/t22-,23+,28-/m1/s1. The van der Waals surface area contributed by atoms with Crippen LogP contribution in [-0.4, -0.2) is 74.7 Å². The maximum atomic E-state index is 13.0. The highest BCUT2D eigenvalue weighted by molar-refractivity contribution is 5.76. The fraction of sp³-hybridized carbons (Fsp3) is 0.483. The lowest BCUT2D eigenvalue weighted by atomic mass is 10.0. The molecule has 0 saturated heterocycles. The summed E-state index contributed by atoms with van der Waals surface area (Å²) in [6, 6.07) is 18.8. The van der Waals surface area contributed by atoms with E-state index in [-0.39, 0.29) is 30.6 Å². The molecule has 4 rings (SSSR count). The van der Waals surface area contributed by atoms with Crippen LogP contribution in [-0.2, 0) is 29.2 Å². The number of aliphatic hydroxyl groups excluding tert-OH is 1. The van der Waals surface area contributed by atoms with Gasteiger partial charge in [-0.25, -0.2) is 4.68 Å². The van der Waals surface area contributed by atoms with Gasteiger partial charge in [-0.15, -0.1) is 5.10 Å². The number of likely N-dealkylation sites (N-methyl/N-ethyl adjacent to an activating group) is 1. The molecule has 0 radical (unpaired) electrons. The third kappa shape index (κ3) is 7.25. The minimum Gasteiger partial charge on any atom is -0.394 e. The first-order valence-electron chi connectivity index (χ1n) is 13.2. The largest absolute Gasteiger partial charge is 0.394 e. The van der Waals surface area contributed by atoms with E-state index < -0.39 is 0 Å². The number of amides is 1. The number of aryl methyl sites for hydroxylation is 1. The van der Waals surface area contributed by atoms with Crippen molar-refractivity contribution in [3.8, 4) is 11.1 Å². The molecule has 0 spiro atoms. The van der Waals surface area contributed by atoms with Crippen molar-refractivity contribution in [2.75, 3.05) is 26.7 Å². The van der Waals surface area contributed by atoms with Crippen LogP contribution in [0.15, 0.2) is 60.8 Å². The van der Waals surface area contributed by atoms with Crippen molar-refractivity contribution in [1.82, 2.24) is 24.8 Å².